The van der Waals surface area contributed by atoms with Gasteiger partial charge in [0.2, 0.25) is 0 Å². The van der Waals surface area contributed by atoms with Crippen LogP contribution in [0, 0.1) is 10.2 Å². The zero-order chi connectivity index (χ0) is 13.5. The topological polar surface area (TPSA) is 81.6 Å². The lowest BCUT2D eigenvalue weighted by Crippen LogP contribution is -2.63. The Hall–Kier alpha value is -1.79. The molecule has 98 valence electrons. The van der Waals surface area contributed by atoms with E-state index in [1.165, 1.54) is 6.07 Å². The third-order valence-corrected chi connectivity index (χ3v) is 3.29. The van der Waals surface area contributed by atoms with Gasteiger partial charge in [0, 0.05) is 24.5 Å². The van der Waals surface area contributed by atoms with E-state index in [1.807, 2.05) is 30.5 Å². The van der Waals surface area contributed by atoms with Crippen LogP contribution in [0.2, 0.25) is 0 Å². The van der Waals surface area contributed by atoms with Gasteiger partial charge in [0.15, 0.2) is 0 Å². The van der Waals surface area contributed by atoms with Crippen LogP contribution in [0.1, 0.15) is 11.1 Å². The fraction of sp³-hybridized carbons (Fsp3) is 0.0769. The van der Waals surface area contributed by atoms with E-state index in [9.17, 15) is 14.0 Å². The Labute approximate surface area is 112 Å². The van der Waals surface area contributed by atoms with E-state index in [2.05, 4.69) is 9.19 Å². The Balaban J connectivity index is 1.94. The molecular formula is C13H10ClNO4. The number of rotatable bonds is 2. The molecule has 19 heavy (non-hydrogen) atoms. The van der Waals surface area contributed by atoms with Crippen molar-refractivity contribution in [3.63, 3.8) is 0 Å². The number of fused-ring (bicyclic) bond motifs is 2. The van der Waals surface area contributed by atoms with Crippen LogP contribution in [0.25, 0.3) is 6.08 Å². The van der Waals surface area contributed by atoms with E-state index in [4.69, 9.17) is 0 Å². The lowest BCUT2D eigenvalue weighted by Gasteiger charge is -2.28. The normalized spacial score (nSPS) is 16.8. The molecule has 0 radical (unpaired) electrons. The Kier molecular flexibility index (Phi) is 2.83. The SMILES string of the molecule is [O-][Cl+3]([O-])([O-])Oc1ccc2c(c1)C=C1C=CC=CN1C2. The summed E-state index contributed by atoms with van der Waals surface area (Å²) in [6.07, 6.45) is 9.72. The number of halogens is 1. The van der Waals surface area contributed by atoms with Gasteiger partial charge in [-0.05, 0) is 35.4 Å². The van der Waals surface area contributed by atoms with Gasteiger partial charge in [0.1, 0.15) is 10.2 Å². The van der Waals surface area contributed by atoms with Gasteiger partial charge in [-0.2, -0.15) is 14.0 Å². The maximum atomic E-state index is 10.5. The minimum atomic E-state index is -4.46. The molecule has 0 aliphatic carbocycles. The standard InChI is InChI=1S/C13H10ClNO4/c16-14(17,18)19-13-5-4-10-9-15-6-2-1-3-12(15)7-11(10)8-13/h1-8H,9H2. The van der Waals surface area contributed by atoms with Crippen LogP contribution in [0.3, 0.4) is 0 Å². The van der Waals surface area contributed by atoms with Gasteiger partial charge in [-0.1, -0.05) is 16.4 Å². The predicted molar refractivity (Wildman–Crippen MR) is 58.9 cm³/mol. The Morgan fingerprint density at radius 3 is 2.79 bits per heavy atom. The van der Waals surface area contributed by atoms with Crippen LogP contribution in [-0.4, -0.2) is 4.90 Å². The van der Waals surface area contributed by atoms with E-state index in [-0.39, 0.29) is 5.75 Å². The first-order valence-electron chi connectivity index (χ1n) is 5.58. The van der Waals surface area contributed by atoms with Crippen molar-refractivity contribution in [3.8, 4) is 5.75 Å². The fourth-order valence-corrected chi connectivity index (χ4v) is 2.43. The molecule has 2 aliphatic rings. The van der Waals surface area contributed by atoms with Crippen molar-refractivity contribution in [1.82, 2.24) is 4.90 Å². The molecule has 1 aromatic rings. The van der Waals surface area contributed by atoms with E-state index in [1.54, 1.807) is 12.1 Å². The molecule has 0 atom stereocenters. The highest BCUT2D eigenvalue weighted by Crippen LogP contribution is 2.30. The molecule has 0 fully saturated rings. The lowest BCUT2D eigenvalue weighted by molar-refractivity contribution is -1.91. The molecule has 0 N–H and O–H groups in total. The molecule has 6 heteroatoms. The Morgan fingerprint density at radius 2 is 2.00 bits per heavy atom. The summed E-state index contributed by atoms with van der Waals surface area (Å²) >= 11 is 0. The second-order valence-corrected chi connectivity index (χ2v) is 5.12. The molecule has 2 heterocycles. The van der Waals surface area contributed by atoms with Crippen LogP contribution in [-0.2, 0) is 6.54 Å². The molecule has 0 spiro atoms. The summed E-state index contributed by atoms with van der Waals surface area (Å²) in [5.74, 6) is 0.0241. The largest absolute Gasteiger partial charge is 0.344 e. The summed E-state index contributed by atoms with van der Waals surface area (Å²) in [6.45, 7) is 0.699. The van der Waals surface area contributed by atoms with E-state index in [0.717, 1.165) is 16.8 Å². The zero-order valence-corrected chi connectivity index (χ0v) is 10.5. The quantitative estimate of drug-likeness (QED) is 0.708. The van der Waals surface area contributed by atoms with Gasteiger partial charge in [-0.15, -0.1) is 0 Å². The molecule has 0 aromatic heterocycles. The Morgan fingerprint density at radius 1 is 1.16 bits per heavy atom. The summed E-state index contributed by atoms with van der Waals surface area (Å²) in [4.78, 5) is 2.07. The van der Waals surface area contributed by atoms with Crippen LogP contribution >= 0.6 is 0 Å². The first-order chi connectivity index (χ1) is 9.01. The number of hydrogen-bond donors (Lipinski definition) is 0. The number of nitrogens with zero attached hydrogens (tertiary/aromatic N) is 1. The maximum Gasteiger partial charge on any atom is 0.288 e. The van der Waals surface area contributed by atoms with Gasteiger partial charge in [-0.25, -0.2) is 0 Å². The lowest BCUT2D eigenvalue weighted by atomic mass is 10.0. The van der Waals surface area contributed by atoms with Gasteiger partial charge in [0.25, 0.3) is 5.75 Å². The highest BCUT2D eigenvalue weighted by molar-refractivity contribution is 5.63. The molecule has 0 saturated heterocycles. The van der Waals surface area contributed by atoms with E-state index in [0.29, 0.717) is 6.54 Å². The second-order valence-electron chi connectivity index (χ2n) is 4.21. The molecule has 3 rings (SSSR count). The van der Waals surface area contributed by atoms with Crippen LogP contribution in [0.15, 0.2) is 48.3 Å². The van der Waals surface area contributed by atoms with Crippen LogP contribution in [0.5, 0.6) is 5.75 Å². The van der Waals surface area contributed by atoms with Gasteiger partial charge >= 0.3 is 0 Å². The summed E-state index contributed by atoms with van der Waals surface area (Å²) in [7, 11) is -4.46. The van der Waals surface area contributed by atoms with Crippen molar-refractivity contribution < 1.29 is 28.5 Å². The molecule has 5 nitrogen and oxygen atoms in total. The third kappa shape index (κ3) is 2.64. The molecule has 0 unspecified atom stereocenters. The maximum absolute atomic E-state index is 10.5. The summed E-state index contributed by atoms with van der Waals surface area (Å²) in [6, 6.07) is 4.78. The van der Waals surface area contributed by atoms with Gasteiger partial charge in [0.05, 0.1) is 0 Å². The highest BCUT2D eigenvalue weighted by Gasteiger charge is 2.22. The summed E-state index contributed by atoms with van der Waals surface area (Å²) in [5.41, 5.74) is 2.90. The number of benzene rings is 1. The minimum absolute atomic E-state index is 0.0241. The monoisotopic (exact) mass is 279 g/mol. The number of allylic oxidation sites excluding steroid dienone is 3. The van der Waals surface area contributed by atoms with Crippen molar-refractivity contribution >= 4 is 6.08 Å². The molecule has 0 saturated carbocycles. The third-order valence-electron chi connectivity index (χ3n) is 2.92. The summed E-state index contributed by atoms with van der Waals surface area (Å²) < 4.78 is 36.0. The fourth-order valence-electron chi connectivity index (χ4n) is 2.12. The van der Waals surface area contributed by atoms with Crippen molar-refractivity contribution in [3.05, 3.63) is 59.5 Å². The van der Waals surface area contributed by atoms with Crippen molar-refractivity contribution in [2.75, 3.05) is 0 Å². The molecule has 2 aliphatic heterocycles. The van der Waals surface area contributed by atoms with Crippen molar-refractivity contribution in [2.24, 2.45) is 0 Å². The first kappa shape index (κ1) is 12.3. The smallest absolute Gasteiger partial charge is 0.288 e. The highest BCUT2D eigenvalue weighted by atomic mass is 35.7. The molecular weight excluding hydrogens is 270 g/mol. The summed E-state index contributed by atoms with van der Waals surface area (Å²) in [5, 5.41) is 0. The minimum Gasteiger partial charge on any atom is -0.344 e. The average Bonchev–Trinajstić information content (AvgIpc) is 2.34. The van der Waals surface area contributed by atoms with Gasteiger partial charge in [-0.3, -0.25) is 0 Å². The first-order valence-corrected chi connectivity index (χ1v) is 6.81. The zero-order valence-electron chi connectivity index (χ0n) is 9.78. The average molecular weight is 280 g/mol. The number of hydrogen-bond acceptors (Lipinski definition) is 5. The van der Waals surface area contributed by atoms with Gasteiger partial charge < -0.3 is 4.90 Å². The predicted octanol–water partition coefficient (Wildman–Crippen LogP) is -0.797. The van der Waals surface area contributed by atoms with E-state index >= 15 is 0 Å². The Bertz CT molecular complexity index is 601. The van der Waals surface area contributed by atoms with Crippen molar-refractivity contribution in [1.29, 1.82) is 0 Å². The van der Waals surface area contributed by atoms with Crippen LogP contribution < -0.4 is 18.3 Å². The molecule has 0 amide bonds. The van der Waals surface area contributed by atoms with Crippen molar-refractivity contribution in [2.45, 2.75) is 6.54 Å². The second kappa shape index (κ2) is 4.40. The van der Waals surface area contributed by atoms with E-state index < -0.39 is 10.2 Å². The molecule has 1 aromatic carbocycles. The van der Waals surface area contributed by atoms with Crippen LogP contribution in [0.4, 0.5) is 0 Å². The molecule has 0 bridgehead atoms.